The van der Waals surface area contributed by atoms with Crippen molar-refractivity contribution >= 4 is 23.2 Å². The third-order valence-corrected chi connectivity index (χ3v) is 4.38. The zero-order chi connectivity index (χ0) is 18.4. The molecule has 0 aliphatic heterocycles. The standard InChI is InChI=1S/C19H23Cl2NO3.ClH/c1-19(2,12-23)22-10-13-4-7-17(18(8-13)24-3)25-11-14-5-6-15(20)9-16(14)21;/h4-9,22-23H,10-12H2,1-3H3;1H/p-1. The molecule has 0 radical (unpaired) electrons. The van der Waals surface area contributed by atoms with Gasteiger partial charge in [-0.15, -0.1) is 0 Å². The average Bonchev–Trinajstić information content (AvgIpc) is 2.59. The molecule has 0 unspecified atom stereocenters. The van der Waals surface area contributed by atoms with Gasteiger partial charge in [-0.1, -0.05) is 35.3 Å². The fourth-order valence-corrected chi connectivity index (χ4v) is 2.60. The van der Waals surface area contributed by atoms with Crippen LogP contribution in [0.2, 0.25) is 10.0 Å². The third kappa shape index (κ3) is 6.53. The smallest absolute Gasteiger partial charge is 0.161 e. The Labute approximate surface area is 170 Å². The lowest BCUT2D eigenvalue weighted by Gasteiger charge is -2.23. The molecule has 144 valence electrons. The first-order chi connectivity index (χ1) is 11.8. The summed E-state index contributed by atoms with van der Waals surface area (Å²) in [6.45, 7) is 4.89. The predicted molar refractivity (Wildman–Crippen MR) is 102 cm³/mol. The quantitative estimate of drug-likeness (QED) is 0.680. The van der Waals surface area contributed by atoms with Gasteiger partial charge in [0.1, 0.15) is 6.61 Å². The lowest BCUT2D eigenvalue weighted by atomic mass is 10.1. The molecule has 0 aromatic heterocycles. The molecule has 0 aliphatic rings. The van der Waals surface area contributed by atoms with E-state index in [1.54, 1.807) is 19.2 Å². The molecule has 4 nitrogen and oxygen atoms in total. The molecule has 0 spiro atoms. The Balaban J connectivity index is 0.00000338. The van der Waals surface area contributed by atoms with Crippen LogP contribution < -0.4 is 27.2 Å². The Morgan fingerprint density at radius 1 is 1.08 bits per heavy atom. The van der Waals surface area contributed by atoms with Gasteiger partial charge in [0.25, 0.3) is 0 Å². The number of aliphatic hydroxyl groups excluding tert-OH is 1. The lowest BCUT2D eigenvalue weighted by molar-refractivity contribution is -0.00000655. The number of nitrogens with one attached hydrogen (secondary N) is 1. The summed E-state index contributed by atoms with van der Waals surface area (Å²) in [5.41, 5.74) is 1.55. The molecule has 2 rings (SSSR count). The fraction of sp³-hybridized carbons (Fsp3) is 0.368. The molecule has 0 heterocycles. The number of hydrogen-bond acceptors (Lipinski definition) is 4. The van der Waals surface area contributed by atoms with E-state index in [1.165, 1.54) is 0 Å². The number of aliphatic hydroxyl groups is 1. The minimum absolute atomic E-state index is 0. The first kappa shape index (κ1) is 22.9. The van der Waals surface area contributed by atoms with Crippen LogP contribution in [-0.4, -0.2) is 24.4 Å². The summed E-state index contributed by atoms with van der Waals surface area (Å²) in [4.78, 5) is 0. The summed E-state index contributed by atoms with van der Waals surface area (Å²) < 4.78 is 11.3. The Morgan fingerprint density at radius 3 is 2.42 bits per heavy atom. The molecular formula is C19H23Cl3NO3-. The molecule has 2 aromatic carbocycles. The van der Waals surface area contributed by atoms with Crippen molar-refractivity contribution in [1.29, 1.82) is 0 Å². The summed E-state index contributed by atoms with van der Waals surface area (Å²) in [7, 11) is 1.60. The molecule has 2 aromatic rings. The van der Waals surface area contributed by atoms with Gasteiger partial charge >= 0.3 is 0 Å². The molecule has 0 bridgehead atoms. The first-order valence-electron chi connectivity index (χ1n) is 7.94. The number of halogens is 3. The highest BCUT2D eigenvalue weighted by Crippen LogP contribution is 2.30. The second-order valence-electron chi connectivity index (χ2n) is 6.41. The van der Waals surface area contributed by atoms with E-state index in [1.807, 2.05) is 38.1 Å². The van der Waals surface area contributed by atoms with E-state index in [4.69, 9.17) is 32.7 Å². The molecule has 0 saturated heterocycles. The van der Waals surface area contributed by atoms with Crippen molar-refractivity contribution in [2.75, 3.05) is 13.7 Å². The van der Waals surface area contributed by atoms with Crippen molar-refractivity contribution in [3.05, 3.63) is 57.6 Å². The van der Waals surface area contributed by atoms with Gasteiger partial charge in [0, 0.05) is 27.7 Å². The van der Waals surface area contributed by atoms with E-state index < -0.39 is 0 Å². The van der Waals surface area contributed by atoms with E-state index in [0.29, 0.717) is 34.7 Å². The highest BCUT2D eigenvalue weighted by molar-refractivity contribution is 6.35. The molecule has 0 aliphatic carbocycles. The summed E-state index contributed by atoms with van der Waals surface area (Å²) in [6, 6.07) is 11.1. The van der Waals surface area contributed by atoms with Gasteiger partial charge in [-0.25, -0.2) is 0 Å². The molecule has 0 amide bonds. The predicted octanol–water partition coefficient (Wildman–Crippen LogP) is 1.45. The van der Waals surface area contributed by atoms with E-state index in [0.717, 1.165) is 11.1 Å². The summed E-state index contributed by atoms with van der Waals surface area (Å²) >= 11 is 12.1. The number of benzene rings is 2. The van der Waals surface area contributed by atoms with Gasteiger partial charge in [-0.3, -0.25) is 0 Å². The second kappa shape index (κ2) is 10.2. The van der Waals surface area contributed by atoms with E-state index in [2.05, 4.69) is 5.32 Å². The van der Waals surface area contributed by atoms with Gasteiger partial charge in [0.05, 0.1) is 13.7 Å². The Bertz CT molecular complexity index is 723. The van der Waals surface area contributed by atoms with Crippen LogP contribution in [0.5, 0.6) is 11.5 Å². The molecule has 0 atom stereocenters. The maximum absolute atomic E-state index is 9.31. The number of methoxy groups -OCH3 is 1. The van der Waals surface area contributed by atoms with Crippen molar-refractivity contribution < 1.29 is 27.0 Å². The topological polar surface area (TPSA) is 50.7 Å². The van der Waals surface area contributed by atoms with Gasteiger partial charge in [-0.2, -0.15) is 0 Å². The summed E-state index contributed by atoms with van der Waals surface area (Å²) in [6.07, 6.45) is 0. The zero-order valence-electron chi connectivity index (χ0n) is 15.0. The van der Waals surface area contributed by atoms with E-state index >= 15 is 0 Å². The van der Waals surface area contributed by atoms with Crippen LogP contribution in [0, 0.1) is 0 Å². The van der Waals surface area contributed by atoms with Crippen LogP contribution >= 0.6 is 23.2 Å². The maximum atomic E-state index is 9.31. The molecule has 2 N–H and O–H groups in total. The molecule has 7 heteroatoms. The van der Waals surface area contributed by atoms with Gasteiger partial charge in [-0.05, 0) is 43.7 Å². The Kier molecular flexibility index (Phi) is 9.01. The molecule has 0 fully saturated rings. The number of hydrogen-bond donors (Lipinski definition) is 2. The fourth-order valence-electron chi connectivity index (χ4n) is 2.13. The minimum atomic E-state index is -0.340. The zero-order valence-corrected chi connectivity index (χ0v) is 17.3. The van der Waals surface area contributed by atoms with Crippen molar-refractivity contribution in [3.63, 3.8) is 0 Å². The van der Waals surface area contributed by atoms with Crippen LogP contribution in [-0.2, 0) is 13.2 Å². The highest BCUT2D eigenvalue weighted by atomic mass is 35.5. The van der Waals surface area contributed by atoms with Crippen molar-refractivity contribution in [2.45, 2.75) is 32.5 Å². The lowest BCUT2D eigenvalue weighted by Crippen LogP contribution is -3.00. The minimum Gasteiger partial charge on any atom is -1.00 e. The highest BCUT2D eigenvalue weighted by Gasteiger charge is 2.15. The van der Waals surface area contributed by atoms with E-state index in [9.17, 15) is 5.11 Å². The number of ether oxygens (including phenoxy) is 2. The summed E-state index contributed by atoms with van der Waals surface area (Å²) in [5.74, 6) is 1.28. The van der Waals surface area contributed by atoms with Crippen molar-refractivity contribution in [3.8, 4) is 11.5 Å². The van der Waals surface area contributed by atoms with Crippen molar-refractivity contribution in [1.82, 2.24) is 5.32 Å². The third-order valence-electron chi connectivity index (χ3n) is 3.79. The van der Waals surface area contributed by atoms with Crippen LogP contribution in [0.4, 0.5) is 0 Å². The normalized spacial score (nSPS) is 11.0. The first-order valence-corrected chi connectivity index (χ1v) is 8.70. The average molecular weight is 420 g/mol. The largest absolute Gasteiger partial charge is 1.00 e. The van der Waals surface area contributed by atoms with Crippen molar-refractivity contribution in [2.24, 2.45) is 0 Å². The van der Waals surface area contributed by atoms with Gasteiger partial charge in [0.15, 0.2) is 11.5 Å². The van der Waals surface area contributed by atoms with E-state index in [-0.39, 0.29) is 24.6 Å². The molecular weight excluding hydrogens is 397 g/mol. The monoisotopic (exact) mass is 418 g/mol. The van der Waals surface area contributed by atoms with Crippen LogP contribution in [0.3, 0.4) is 0 Å². The van der Waals surface area contributed by atoms with Crippen LogP contribution in [0.15, 0.2) is 36.4 Å². The maximum Gasteiger partial charge on any atom is 0.161 e. The van der Waals surface area contributed by atoms with Gasteiger partial charge in [0.2, 0.25) is 0 Å². The SMILES string of the molecule is COc1cc(CNC(C)(C)CO)ccc1OCc1ccc(Cl)cc1Cl.[Cl-]. The Hall–Kier alpha value is -1.17. The van der Waals surface area contributed by atoms with Crippen LogP contribution in [0.25, 0.3) is 0 Å². The Morgan fingerprint density at radius 2 is 1.81 bits per heavy atom. The van der Waals surface area contributed by atoms with Crippen LogP contribution in [0.1, 0.15) is 25.0 Å². The molecule has 26 heavy (non-hydrogen) atoms. The second-order valence-corrected chi connectivity index (χ2v) is 7.25. The van der Waals surface area contributed by atoms with Gasteiger partial charge < -0.3 is 32.3 Å². The molecule has 0 saturated carbocycles. The number of rotatable bonds is 8. The summed E-state index contributed by atoms with van der Waals surface area (Å²) in [5, 5.41) is 13.8.